The molecule has 6 heteroatoms. The smallest absolute Gasteiger partial charge is 0.308 e. The van der Waals surface area contributed by atoms with Crippen molar-refractivity contribution in [2.24, 2.45) is 0 Å². The van der Waals surface area contributed by atoms with Gasteiger partial charge in [0.25, 0.3) is 0 Å². The molecular weight excluding hydrogens is 338 g/mol. The molecule has 0 amide bonds. The summed E-state index contributed by atoms with van der Waals surface area (Å²) < 4.78 is 6.80. The van der Waals surface area contributed by atoms with E-state index >= 15 is 0 Å². The molecule has 0 aliphatic heterocycles. The molecule has 0 N–H and O–H groups in total. The minimum absolute atomic E-state index is 0.0566. The molecule has 0 spiro atoms. The number of hydrogen-bond donors (Lipinski definition) is 0. The van der Waals surface area contributed by atoms with Crippen LogP contribution in [-0.2, 0) is 16.1 Å². The van der Waals surface area contributed by atoms with Gasteiger partial charge in [-0.15, -0.1) is 0 Å². The SMILES string of the molecule is Cc1cc(C)c(C(=O)[C@H](C)OC(=O)CCn2c(C)csc2=O)cc1C. The molecule has 2 aromatic rings. The normalized spacial score (nSPS) is 12.0. The zero-order chi connectivity index (χ0) is 18.7. The molecule has 0 bridgehead atoms. The molecule has 0 unspecified atom stereocenters. The number of ketones is 1. The number of carbonyl (C=O) groups is 2. The molecular formula is C19H23NO4S. The lowest BCUT2D eigenvalue weighted by atomic mass is 9.96. The molecule has 1 aromatic heterocycles. The van der Waals surface area contributed by atoms with Gasteiger partial charge in [-0.25, -0.2) is 0 Å². The van der Waals surface area contributed by atoms with Crippen molar-refractivity contribution in [1.82, 2.24) is 4.57 Å². The van der Waals surface area contributed by atoms with Crippen LogP contribution in [0.4, 0.5) is 0 Å². The van der Waals surface area contributed by atoms with Gasteiger partial charge < -0.3 is 9.30 Å². The van der Waals surface area contributed by atoms with Gasteiger partial charge in [0.05, 0.1) is 6.42 Å². The fourth-order valence-corrected chi connectivity index (χ4v) is 3.39. The van der Waals surface area contributed by atoms with Crippen LogP contribution in [0.5, 0.6) is 0 Å². The van der Waals surface area contributed by atoms with Crippen molar-refractivity contribution in [3.63, 3.8) is 0 Å². The van der Waals surface area contributed by atoms with Crippen LogP contribution in [-0.4, -0.2) is 22.4 Å². The number of thiazole rings is 1. The molecule has 25 heavy (non-hydrogen) atoms. The van der Waals surface area contributed by atoms with Gasteiger partial charge in [-0.3, -0.25) is 14.4 Å². The molecule has 0 aliphatic rings. The summed E-state index contributed by atoms with van der Waals surface area (Å²) >= 11 is 1.10. The van der Waals surface area contributed by atoms with Gasteiger partial charge in [0.15, 0.2) is 6.10 Å². The number of aromatic nitrogens is 1. The van der Waals surface area contributed by atoms with E-state index in [1.165, 1.54) is 4.57 Å². The van der Waals surface area contributed by atoms with E-state index in [1.807, 2.05) is 39.8 Å². The second-order valence-corrected chi connectivity index (χ2v) is 7.11. The van der Waals surface area contributed by atoms with Gasteiger partial charge >= 0.3 is 10.8 Å². The summed E-state index contributed by atoms with van der Waals surface area (Å²) in [6.45, 7) is 9.48. The highest BCUT2D eigenvalue weighted by Crippen LogP contribution is 2.18. The topological polar surface area (TPSA) is 65.4 Å². The van der Waals surface area contributed by atoms with Crippen LogP contribution in [0.15, 0.2) is 22.3 Å². The second-order valence-electron chi connectivity index (χ2n) is 6.29. The molecule has 5 nitrogen and oxygen atoms in total. The van der Waals surface area contributed by atoms with Gasteiger partial charge in [0.1, 0.15) is 0 Å². The number of benzene rings is 1. The van der Waals surface area contributed by atoms with Crippen molar-refractivity contribution in [2.75, 3.05) is 0 Å². The molecule has 0 radical (unpaired) electrons. The summed E-state index contributed by atoms with van der Waals surface area (Å²) in [7, 11) is 0. The van der Waals surface area contributed by atoms with E-state index in [1.54, 1.807) is 12.3 Å². The summed E-state index contributed by atoms with van der Waals surface area (Å²) in [6, 6.07) is 3.80. The largest absolute Gasteiger partial charge is 0.454 e. The summed E-state index contributed by atoms with van der Waals surface area (Å²) in [5.41, 5.74) is 4.41. The van der Waals surface area contributed by atoms with Crippen molar-refractivity contribution in [1.29, 1.82) is 0 Å². The Morgan fingerprint density at radius 2 is 1.76 bits per heavy atom. The lowest BCUT2D eigenvalue weighted by Crippen LogP contribution is -2.26. The van der Waals surface area contributed by atoms with Crippen molar-refractivity contribution >= 4 is 23.1 Å². The van der Waals surface area contributed by atoms with Crippen LogP contribution < -0.4 is 4.87 Å². The standard InChI is InChI=1S/C19H23NO4S/c1-11-8-13(3)16(9-12(11)2)18(22)15(5)24-17(21)6-7-20-14(4)10-25-19(20)23/h8-10,15H,6-7H2,1-5H3/t15-/m0/s1. The molecule has 2 rings (SSSR count). The van der Waals surface area contributed by atoms with E-state index < -0.39 is 12.1 Å². The molecule has 134 valence electrons. The maximum Gasteiger partial charge on any atom is 0.308 e. The van der Waals surface area contributed by atoms with Crippen LogP contribution in [0.1, 0.15) is 46.1 Å². The highest BCUT2D eigenvalue weighted by molar-refractivity contribution is 7.07. The minimum Gasteiger partial charge on any atom is -0.454 e. The molecule has 0 saturated heterocycles. The first-order valence-electron chi connectivity index (χ1n) is 8.17. The Bertz CT molecular complexity index is 863. The average molecular weight is 361 g/mol. The Kier molecular flexibility index (Phi) is 5.95. The van der Waals surface area contributed by atoms with Crippen LogP contribution in [0, 0.1) is 27.7 Å². The third kappa shape index (κ3) is 4.45. The number of Topliss-reactive ketones (excluding diaryl/α,β-unsaturated/α-hetero) is 1. The lowest BCUT2D eigenvalue weighted by molar-refractivity contribution is -0.146. The van der Waals surface area contributed by atoms with Crippen LogP contribution >= 0.6 is 11.3 Å². The van der Waals surface area contributed by atoms with Crippen molar-refractivity contribution < 1.29 is 14.3 Å². The zero-order valence-electron chi connectivity index (χ0n) is 15.2. The second kappa shape index (κ2) is 7.78. The predicted octanol–water partition coefficient (Wildman–Crippen LogP) is 3.35. The van der Waals surface area contributed by atoms with Crippen molar-refractivity contribution in [2.45, 2.75) is 53.7 Å². The van der Waals surface area contributed by atoms with Crippen molar-refractivity contribution in [3.05, 3.63) is 55.1 Å². The fraction of sp³-hybridized carbons (Fsp3) is 0.421. The zero-order valence-corrected chi connectivity index (χ0v) is 16.0. The molecule has 0 fully saturated rings. The Labute approximate surface area is 151 Å². The van der Waals surface area contributed by atoms with E-state index in [4.69, 9.17) is 4.74 Å². The van der Waals surface area contributed by atoms with Gasteiger partial charge in [-0.05, 0) is 57.4 Å². The quantitative estimate of drug-likeness (QED) is 0.585. The van der Waals surface area contributed by atoms with E-state index in [9.17, 15) is 14.4 Å². The Balaban J connectivity index is 2.00. The first-order chi connectivity index (χ1) is 11.7. The van der Waals surface area contributed by atoms with E-state index in [0.717, 1.165) is 33.7 Å². The van der Waals surface area contributed by atoms with Gasteiger partial charge in [-0.2, -0.15) is 0 Å². The summed E-state index contributed by atoms with van der Waals surface area (Å²) in [5.74, 6) is -0.697. The summed E-state index contributed by atoms with van der Waals surface area (Å²) in [4.78, 5) is 36.1. The lowest BCUT2D eigenvalue weighted by Gasteiger charge is -2.15. The van der Waals surface area contributed by atoms with Crippen LogP contribution in [0.25, 0.3) is 0 Å². The number of nitrogens with zero attached hydrogens (tertiary/aromatic N) is 1. The van der Waals surface area contributed by atoms with E-state index in [2.05, 4.69) is 0 Å². The molecule has 1 heterocycles. The van der Waals surface area contributed by atoms with E-state index in [0.29, 0.717) is 5.56 Å². The molecule has 0 aliphatic carbocycles. The minimum atomic E-state index is -0.853. The Hall–Kier alpha value is -2.21. The number of esters is 1. The molecule has 0 saturated carbocycles. The monoisotopic (exact) mass is 361 g/mol. The number of hydrogen-bond acceptors (Lipinski definition) is 5. The molecule has 1 aromatic carbocycles. The third-order valence-corrected chi connectivity index (χ3v) is 5.18. The Morgan fingerprint density at radius 1 is 1.12 bits per heavy atom. The average Bonchev–Trinajstić information content (AvgIpc) is 2.86. The number of ether oxygens (including phenoxy) is 1. The molecule has 1 atom stereocenters. The summed E-state index contributed by atoms with van der Waals surface area (Å²) in [5, 5.41) is 1.75. The van der Waals surface area contributed by atoms with Crippen molar-refractivity contribution in [3.8, 4) is 0 Å². The highest BCUT2D eigenvalue weighted by Gasteiger charge is 2.21. The highest BCUT2D eigenvalue weighted by atomic mass is 32.1. The third-order valence-electron chi connectivity index (χ3n) is 4.30. The fourth-order valence-electron chi connectivity index (χ4n) is 2.63. The summed E-state index contributed by atoms with van der Waals surface area (Å²) in [6.07, 6.45) is -0.797. The van der Waals surface area contributed by atoms with Gasteiger partial charge in [0.2, 0.25) is 5.78 Å². The number of carbonyl (C=O) groups excluding carboxylic acids is 2. The van der Waals surface area contributed by atoms with Gasteiger partial charge in [0, 0.05) is 23.2 Å². The van der Waals surface area contributed by atoms with Crippen LogP contribution in [0.3, 0.4) is 0 Å². The number of rotatable bonds is 6. The Morgan fingerprint density at radius 3 is 2.36 bits per heavy atom. The van der Waals surface area contributed by atoms with Gasteiger partial charge in [-0.1, -0.05) is 17.4 Å². The maximum absolute atomic E-state index is 12.6. The predicted molar refractivity (Wildman–Crippen MR) is 98.5 cm³/mol. The van der Waals surface area contributed by atoms with Crippen LogP contribution in [0.2, 0.25) is 0 Å². The first-order valence-corrected chi connectivity index (χ1v) is 9.05. The number of aryl methyl sites for hydroxylation is 4. The first kappa shape index (κ1) is 19.1. The van der Waals surface area contributed by atoms with E-state index in [-0.39, 0.29) is 23.6 Å². The maximum atomic E-state index is 12.6.